The maximum atomic E-state index is 4.54. The monoisotopic (exact) mass is 337 g/mol. The van der Waals surface area contributed by atoms with Gasteiger partial charge < -0.3 is 10.6 Å². The number of benzene rings is 1. The van der Waals surface area contributed by atoms with E-state index >= 15 is 0 Å². The Balaban J connectivity index is 1.61. The van der Waals surface area contributed by atoms with E-state index in [0.29, 0.717) is 17.7 Å². The largest absolute Gasteiger partial charge is 0.353 e. The zero-order chi connectivity index (χ0) is 17.5. The number of nitrogens with one attached hydrogen (secondary N) is 2. The second kappa shape index (κ2) is 8.60. The van der Waals surface area contributed by atoms with Gasteiger partial charge in [0, 0.05) is 12.2 Å². The van der Waals surface area contributed by atoms with E-state index in [2.05, 4.69) is 63.9 Å². The molecule has 0 bridgehead atoms. The van der Waals surface area contributed by atoms with Crippen LogP contribution in [0, 0.1) is 0 Å². The van der Waals surface area contributed by atoms with E-state index in [9.17, 15) is 0 Å². The van der Waals surface area contributed by atoms with Crippen molar-refractivity contribution in [2.24, 2.45) is 0 Å². The summed E-state index contributed by atoms with van der Waals surface area (Å²) < 4.78 is 0. The Hall–Kier alpha value is -2.43. The zero-order valence-corrected chi connectivity index (χ0v) is 15.1. The molecule has 0 amide bonds. The second-order valence-corrected chi connectivity index (χ2v) is 6.82. The number of para-hydroxylation sites is 1. The summed E-state index contributed by atoms with van der Waals surface area (Å²) in [7, 11) is 0. The molecule has 5 nitrogen and oxygen atoms in total. The highest BCUT2D eigenvalue weighted by Gasteiger charge is 2.08. The minimum Gasteiger partial charge on any atom is -0.353 e. The molecule has 0 saturated carbocycles. The first-order valence-electron chi connectivity index (χ1n) is 9.20. The molecule has 0 radical (unpaired) electrons. The summed E-state index contributed by atoms with van der Waals surface area (Å²) in [6.07, 6.45) is 10.2. The van der Waals surface area contributed by atoms with Crippen molar-refractivity contribution < 1.29 is 0 Å². The Morgan fingerprint density at radius 2 is 2.04 bits per heavy atom. The quantitative estimate of drug-likeness (QED) is 0.693. The summed E-state index contributed by atoms with van der Waals surface area (Å²) >= 11 is 0. The number of nitrogens with zero attached hydrogens (tertiary/aromatic N) is 3. The SMILES string of the molecule is CC(C)c1ccccc1Nc1cnnc(NCCC2=CCCCC2)n1. The highest BCUT2D eigenvalue weighted by Crippen LogP contribution is 2.26. The van der Waals surface area contributed by atoms with Crippen molar-refractivity contribution in [1.29, 1.82) is 0 Å². The minimum absolute atomic E-state index is 0.444. The van der Waals surface area contributed by atoms with Crippen molar-refractivity contribution in [3.8, 4) is 0 Å². The average molecular weight is 337 g/mol. The Bertz CT molecular complexity index is 724. The first-order chi connectivity index (χ1) is 12.2. The van der Waals surface area contributed by atoms with Gasteiger partial charge in [-0.15, -0.1) is 5.10 Å². The van der Waals surface area contributed by atoms with Gasteiger partial charge in [-0.05, 0) is 49.7 Å². The van der Waals surface area contributed by atoms with Gasteiger partial charge in [0.15, 0.2) is 5.82 Å². The van der Waals surface area contributed by atoms with Crippen LogP contribution in [0.3, 0.4) is 0 Å². The number of hydrogen-bond donors (Lipinski definition) is 2. The normalized spacial score (nSPS) is 14.3. The average Bonchev–Trinajstić information content (AvgIpc) is 2.63. The van der Waals surface area contributed by atoms with Gasteiger partial charge in [-0.3, -0.25) is 0 Å². The molecule has 25 heavy (non-hydrogen) atoms. The molecule has 0 saturated heterocycles. The Morgan fingerprint density at radius 3 is 2.84 bits per heavy atom. The topological polar surface area (TPSA) is 62.7 Å². The molecule has 3 rings (SSSR count). The predicted molar refractivity (Wildman–Crippen MR) is 103 cm³/mol. The highest BCUT2D eigenvalue weighted by atomic mass is 15.3. The number of anilines is 3. The van der Waals surface area contributed by atoms with E-state index in [-0.39, 0.29) is 0 Å². The maximum absolute atomic E-state index is 4.54. The van der Waals surface area contributed by atoms with E-state index < -0.39 is 0 Å². The summed E-state index contributed by atoms with van der Waals surface area (Å²) in [5, 5.41) is 14.8. The first kappa shape index (κ1) is 17.4. The van der Waals surface area contributed by atoms with Gasteiger partial charge in [-0.2, -0.15) is 10.1 Å². The van der Waals surface area contributed by atoms with E-state index in [1.165, 1.54) is 31.2 Å². The standard InChI is InChI=1S/C20H27N5/c1-15(2)17-10-6-7-11-18(17)23-19-14-22-25-20(24-19)21-13-12-16-8-4-3-5-9-16/h6-8,10-11,14-15H,3-5,9,12-13H2,1-2H3,(H2,21,23,24,25). The van der Waals surface area contributed by atoms with Gasteiger partial charge >= 0.3 is 0 Å². The van der Waals surface area contributed by atoms with E-state index in [1.807, 2.05) is 6.07 Å². The van der Waals surface area contributed by atoms with Crippen LogP contribution in [-0.2, 0) is 0 Å². The smallest absolute Gasteiger partial charge is 0.244 e. The summed E-state index contributed by atoms with van der Waals surface area (Å²) in [5.41, 5.74) is 3.88. The first-order valence-corrected chi connectivity index (χ1v) is 9.20. The van der Waals surface area contributed by atoms with E-state index in [4.69, 9.17) is 0 Å². The van der Waals surface area contributed by atoms with Crippen molar-refractivity contribution in [2.45, 2.75) is 51.9 Å². The molecule has 2 N–H and O–H groups in total. The van der Waals surface area contributed by atoms with Crippen molar-refractivity contribution in [3.63, 3.8) is 0 Å². The third-order valence-corrected chi connectivity index (χ3v) is 4.52. The number of rotatable bonds is 7. The van der Waals surface area contributed by atoms with Crippen molar-refractivity contribution in [1.82, 2.24) is 15.2 Å². The molecule has 1 aliphatic rings. The van der Waals surface area contributed by atoms with E-state index in [1.54, 1.807) is 11.8 Å². The van der Waals surface area contributed by atoms with Gasteiger partial charge in [0.2, 0.25) is 5.95 Å². The Morgan fingerprint density at radius 1 is 1.16 bits per heavy atom. The van der Waals surface area contributed by atoms with Crippen LogP contribution in [0.4, 0.5) is 17.5 Å². The zero-order valence-electron chi connectivity index (χ0n) is 15.1. The Labute approximate surface area is 150 Å². The van der Waals surface area contributed by atoms with Crippen LogP contribution in [0.2, 0.25) is 0 Å². The molecule has 0 fully saturated rings. The molecule has 0 spiro atoms. The van der Waals surface area contributed by atoms with Crippen LogP contribution in [-0.4, -0.2) is 21.7 Å². The second-order valence-electron chi connectivity index (χ2n) is 6.82. The lowest BCUT2D eigenvalue weighted by Crippen LogP contribution is -2.09. The van der Waals surface area contributed by atoms with Crippen LogP contribution in [0.1, 0.15) is 57.4 Å². The molecular weight excluding hydrogens is 310 g/mol. The van der Waals surface area contributed by atoms with Crippen molar-refractivity contribution in [3.05, 3.63) is 47.7 Å². The Kier molecular flexibility index (Phi) is 5.99. The van der Waals surface area contributed by atoms with Crippen LogP contribution in [0.5, 0.6) is 0 Å². The third kappa shape index (κ3) is 5.02. The van der Waals surface area contributed by atoms with Gasteiger partial charge in [0.25, 0.3) is 0 Å². The van der Waals surface area contributed by atoms with Crippen LogP contribution in [0.25, 0.3) is 0 Å². The fourth-order valence-electron chi connectivity index (χ4n) is 3.16. The fourth-order valence-corrected chi connectivity index (χ4v) is 3.16. The molecule has 5 heteroatoms. The van der Waals surface area contributed by atoms with Gasteiger partial charge in [0.05, 0.1) is 6.20 Å². The molecular formula is C20H27N5. The number of hydrogen-bond acceptors (Lipinski definition) is 5. The van der Waals surface area contributed by atoms with Crippen molar-refractivity contribution in [2.75, 3.05) is 17.2 Å². The molecule has 0 unspecified atom stereocenters. The lowest BCUT2D eigenvalue weighted by atomic mass is 9.97. The maximum Gasteiger partial charge on any atom is 0.244 e. The lowest BCUT2D eigenvalue weighted by Gasteiger charge is -2.14. The van der Waals surface area contributed by atoms with Gasteiger partial charge in [0.1, 0.15) is 0 Å². The molecule has 1 aromatic heterocycles. The van der Waals surface area contributed by atoms with E-state index in [0.717, 1.165) is 18.7 Å². The number of aromatic nitrogens is 3. The van der Waals surface area contributed by atoms with Crippen LogP contribution >= 0.6 is 0 Å². The summed E-state index contributed by atoms with van der Waals surface area (Å²) in [4.78, 5) is 4.54. The highest BCUT2D eigenvalue weighted by molar-refractivity contribution is 5.61. The fraction of sp³-hybridized carbons (Fsp3) is 0.450. The lowest BCUT2D eigenvalue weighted by molar-refractivity contribution is 0.679. The van der Waals surface area contributed by atoms with Gasteiger partial charge in [-0.25, -0.2) is 0 Å². The van der Waals surface area contributed by atoms with Crippen molar-refractivity contribution >= 4 is 17.5 Å². The van der Waals surface area contributed by atoms with Gasteiger partial charge in [-0.1, -0.05) is 43.7 Å². The molecule has 0 atom stereocenters. The van der Waals surface area contributed by atoms with Crippen LogP contribution < -0.4 is 10.6 Å². The number of allylic oxidation sites excluding steroid dienone is 1. The molecule has 0 aliphatic heterocycles. The van der Waals surface area contributed by atoms with Crippen LogP contribution in [0.15, 0.2) is 42.1 Å². The predicted octanol–water partition coefficient (Wildman–Crippen LogP) is 5.04. The summed E-state index contributed by atoms with van der Waals surface area (Å²) in [6, 6.07) is 8.30. The summed E-state index contributed by atoms with van der Waals surface area (Å²) in [5.74, 6) is 1.73. The summed E-state index contributed by atoms with van der Waals surface area (Å²) in [6.45, 7) is 5.22. The molecule has 1 aromatic carbocycles. The molecule has 1 aliphatic carbocycles. The minimum atomic E-state index is 0.444. The molecule has 2 aromatic rings. The molecule has 1 heterocycles. The third-order valence-electron chi connectivity index (χ3n) is 4.52. The molecule has 132 valence electrons.